The Bertz CT molecular complexity index is 311. The van der Waals surface area contributed by atoms with Gasteiger partial charge in [0.2, 0.25) is 0 Å². The molecular formula is C11H16BrNO2. The predicted octanol–water partition coefficient (Wildman–Crippen LogP) is 1.55. The third-order valence-electron chi connectivity index (χ3n) is 2.24. The molecule has 0 atom stereocenters. The average molecular weight is 274 g/mol. The highest BCUT2D eigenvalue weighted by atomic mass is 79.9. The van der Waals surface area contributed by atoms with E-state index in [4.69, 9.17) is 10.2 Å². The fourth-order valence-corrected chi connectivity index (χ4v) is 2.04. The van der Waals surface area contributed by atoms with E-state index in [0.29, 0.717) is 13.1 Å². The number of aliphatic hydroxyl groups is 2. The molecule has 0 saturated carbocycles. The summed E-state index contributed by atoms with van der Waals surface area (Å²) in [5.41, 5.74) is 2.19. The molecule has 1 rings (SSSR count). The number of halogens is 1. The van der Waals surface area contributed by atoms with Gasteiger partial charge in [-0.05, 0) is 30.7 Å². The lowest BCUT2D eigenvalue weighted by Gasteiger charge is -2.24. The van der Waals surface area contributed by atoms with Crippen LogP contribution in [0.3, 0.4) is 0 Å². The largest absolute Gasteiger partial charge is 0.395 e. The second-order valence-corrected chi connectivity index (χ2v) is 4.28. The molecule has 0 radical (unpaired) electrons. The van der Waals surface area contributed by atoms with Crippen LogP contribution in [0.4, 0.5) is 5.69 Å². The van der Waals surface area contributed by atoms with Gasteiger partial charge >= 0.3 is 0 Å². The number of rotatable bonds is 5. The maximum atomic E-state index is 8.94. The molecule has 0 saturated heterocycles. The summed E-state index contributed by atoms with van der Waals surface area (Å²) in [6, 6.07) is 5.98. The first kappa shape index (κ1) is 12.5. The number of hydrogen-bond donors (Lipinski definition) is 2. The molecule has 0 spiro atoms. The average Bonchev–Trinajstić information content (AvgIpc) is 2.17. The van der Waals surface area contributed by atoms with Crippen LogP contribution in [0.1, 0.15) is 5.56 Å². The molecule has 0 aliphatic rings. The second kappa shape index (κ2) is 6.10. The van der Waals surface area contributed by atoms with E-state index in [1.54, 1.807) is 0 Å². The van der Waals surface area contributed by atoms with Gasteiger partial charge in [0.25, 0.3) is 0 Å². The standard InChI is InChI=1S/C11H16BrNO2/c1-9-8-10(12)2-3-11(9)13(4-6-14)5-7-15/h2-3,8,14-15H,4-7H2,1H3. The summed E-state index contributed by atoms with van der Waals surface area (Å²) in [5.74, 6) is 0. The summed E-state index contributed by atoms with van der Waals surface area (Å²) in [4.78, 5) is 1.97. The van der Waals surface area contributed by atoms with Crippen molar-refractivity contribution in [3.63, 3.8) is 0 Å². The lowest BCUT2D eigenvalue weighted by atomic mass is 10.2. The van der Waals surface area contributed by atoms with Crippen molar-refractivity contribution in [2.75, 3.05) is 31.2 Å². The first-order valence-corrected chi connectivity index (χ1v) is 5.71. The van der Waals surface area contributed by atoms with Gasteiger partial charge in [0, 0.05) is 23.2 Å². The van der Waals surface area contributed by atoms with E-state index in [0.717, 1.165) is 15.7 Å². The zero-order valence-electron chi connectivity index (χ0n) is 8.78. The summed E-state index contributed by atoms with van der Waals surface area (Å²) < 4.78 is 1.04. The van der Waals surface area contributed by atoms with Gasteiger partial charge in [-0.25, -0.2) is 0 Å². The maximum absolute atomic E-state index is 8.94. The van der Waals surface area contributed by atoms with Crippen molar-refractivity contribution in [3.05, 3.63) is 28.2 Å². The normalized spacial score (nSPS) is 10.4. The van der Waals surface area contributed by atoms with Gasteiger partial charge in [-0.3, -0.25) is 0 Å². The van der Waals surface area contributed by atoms with Crippen molar-refractivity contribution in [2.45, 2.75) is 6.92 Å². The van der Waals surface area contributed by atoms with Crippen molar-refractivity contribution < 1.29 is 10.2 Å². The second-order valence-electron chi connectivity index (χ2n) is 3.37. The van der Waals surface area contributed by atoms with Gasteiger partial charge in [0.15, 0.2) is 0 Å². The molecule has 3 nitrogen and oxygen atoms in total. The van der Waals surface area contributed by atoms with E-state index < -0.39 is 0 Å². The number of aliphatic hydroxyl groups excluding tert-OH is 2. The van der Waals surface area contributed by atoms with E-state index in [1.807, 2.05) is 30.0 Å². The third-order valence-corrected chi connectivity index (χ3v) is 2.73. The fraction of sp³-hybridized carbons (Fsp3) is 0.455. The van der Waals surface area contributed by atoms with Crippen LogP contribution in [-0.4, -0.2) is 36.5 Å². The van der Waals surface area contributed by atoms with E-state index in [1.165, 1.54) is 0 Å². The van der Waals surface area contributed by atoms with E-state index >= 15 is 0 Å². The monoisotopic (exact) mass is 273 g/mol. The van der Waals surface area contributed by atoms with Gasteiger partial charge < -0.3 is 15.1 Å². The van der Waals surface area contributed by atoms with Gasteiger partial charge in [0.1, 0.15) is 0 Å². The molecule has 4 heteroatoms. The molecule has 1 aromatic carbocycles. The molecule has 0 fully saturated rings. The van der Waals surface area contributed by atoms with Crippen LogP contribution in [0.25, 0.3) is 0 Å². The lowest BCUT2D eigenvalue weighted by Crippen LogP contribution is -2.30. The molecule has 0 unspecified atom stereocenters. The van der Waals surface area contributed by atoms with E-state index in [9.17, 15) is 0 Å². The Hall–Kier alpha value is -0.580. The van der Waals surface area contributed by atoms with Crippen LogP contribution in [0.15, 0.2) is 22.7 Å². The molecule has 0 aliphatic heterocycles. The first-order chi connectivity index (χ1) is 7.19. The Balaban J connectivity index is 2.89. The summed E-state index contributed by atoms with van der Waals surface area (Å²) >= 11 is 3.41. The highest BCUT2D eigenvalue weighted by molar-refractivity contribution is 9.10. The molecule has 1 aromatic rings. The lowest BCUT2D eigenvalue weighted by molar-refractivity contribution is 0.281. The van der Waals surface area contributed by atoms with Crippen LogP contribution in [0.2, 0.25) is 0 Å². The highest BCUT2D eigenvalue weighted by Crippen LogP contribution is 2.23. The Morgan fingerprint density at radius 2 is 1.80 bits per heavy atom. The zero-order chi connectivity index (χ0) is 11.3. The molecule has 84 valence electrons. The Kier molecular flexibility index (Phi) is 5.08. The fourth-order valence-electron chi connectivity index (χ4n) is 1.57. The number of aryl methyl sites for hydroxylation is 1. The van der Waals surface area contributed by atoms with Crippen molar-refractivity contribution >= 4 is 21.6 Å². The van der Waals surface area contributed by atoms with Gasteiger partial charge in [0.05, 0.1) is 13.2 Å². The maximum Gasteiger partial charge on any atom is 0.0606 e. The summed E-state index contributed by atoms with van der Waals surface area (Å²) in [6.45, 7) is 3.29. The minimum atomic E-state index is 0.0928. The van der Waals surface area contributed by atoms with Crippen molar-refractivity contribution in [1.82, 2.24) is 0 Å². The van der Waals surface area contributed by atoms with Crippen molar-refractivity contribution in [3.8, 4) is 0 Å². The van der Waals surface area contributed by atoms with Crippen molar-refractivity contribution in [1.29, 1.82) is 0 Å². The molecule has 15 heavy (non-hydrogen) atoms. The van der Waals surface area contributed by atoms with Crippen LogP contribution in [0.5, 0.6) is 0 Å². The quantitative estimate of drug-likeness (QED) is 0.856. The molecule has 0 amide bonds. The summed E-state index contributed by atoms with van der Waals surface area (Å²) in [6.07, 6.45) is 0. The minimum absolute atomic E-state index is 0.0928. The number of hydrogen-bond acceptors (Lipinski definition) is 3. The number of benzene rings is 1. The summed E-state index contributed by atoms with van der Waals surface area (Å²) in [7, 11) is 0. The third kappa shape index (κ3) is 3.48. The van der Waals surface area contributed by atoms with Crippen molar-refractivity contribution in [2.24, 2.45) is 0 Å². The van der Waals surface area contributed by atoms with E-state index in [-0.39, 0.29) is 13.2 Å². The van der Waals surface area contributed by atoms with Crippen LogP contribution in [-0.2, 0) is 0 Å². The Morgan fingerprint density at radius 1 is 1.20 bits per heavy atom. The number of nitrogens with zero attached hydrogens (tertiary/aromatic N) is 1. The SMILES string of the molecule is Cc1cc(Br)ccc1N(CCO)CCO. The molecule has 0 heterocycles. The zero-order valence-corrected chi connectivity index (χ0v) is 10.4. The predicted molar refractivity (Wildman–Crippen MR) is 65.3 cm³/mol. The highest BCUT2D eigenvalue weighted by Gasteiger charge is 2.07. The van der Waals surface area contributed by atoms with Crippen LogP contribution >= 0.6 is 15.9 Å². The molecular weight excluding hydrogens is 258 g/mol. The first-order valence-electron chi connectivity index (χ1n) is 4.92. The molecule has 0 aromatic heterocycles. The molecule has 2 N–H and O–H groups in total. The van der Waals surface area contributed by atoms with Crippen LogP contribution < -0.4 is 4.90 Å². The summed E-state index contributed by atoms with van der Waals surface area (Å²) in [5, 5.41) is 17.9. The van der Waals surface area contributed by atoms with Crippen LogP contribution in [0, 0.1) is 6.92 Å². The van der Waals surface area contributed by atoms with Gasteiger partial charge in [-0.15, -0.1) is 0 Å². The minimum Gasteiger partial charge on any atom is -0.395 e. The van der Waals surface area contributed by atoms with Gasteiger partial charge in [-0.2, -0.15) is 0 Å². The van der Waals surface area contributed by atoms with Gasteiger partial charge in [-0.1, -0.05) is 15.9 Å². The molecule has 0 bridgehead atoms. The Morgan fingerprint density at radius 3 is 2.27 bits per heavy atom. The number of anilines is 1. The Labute approximate surface area is 98.5 Å². The van der Waals surface area contributed by atoms with E-state index in [2.05, 4.69) is 15.9 Å². The topological polar surface area (TPSA) is 43.7 Å². The molecule has 0 aliphatic carbocycles. The smallest absolute Gasteiger partial charge is 0.0606 e.